The number of fused-ring (bicyclic) bond motifs is 7. The van der Waals surface area contributed by atoms with Crippen LogP contribution in [0.25, 0.3) is 132 Å². The summed E-state index contributed by atoms with van der Waals surface area (Å²) in [6.45, 7) is 0. The van der Waals surface area contributed by atoms with Crippen LogP contribution in [0.1, 0.15) is 0 Å². The number of nitrogens with zero attached hydrogens (tertiary/aromatic N) is 3. The maximum Gasteiger partial charge on any atom is 0.164 e. The third kappa shape index (κ3) is 5.72. The van der Waals surface area contributed by atoms with E-state index < -0.39 is 0 Å². The molecule has 3 nitrogen and oxygen atoms in total. The number of benzene rings is 11. The predicted molar refractivity (Wildman–Crippen MR) is 270 cm³/mol. The molecule has 296 valence electrons. The number of rotatable bonds is 5. The molecule has 0 aliphatic carbocycles. The van der Waals surface area contributed by atoms with E-state index >= 15 is 0 Å². The first kappa shape index (κ1) is 36.2. The fourth-order valence-electron chi connectivity index (χ4n) is 10.2. The van der Waals surface area contributed by atoms with Gasteiger partial charge in [-0.1, -0.05) is 212 Å². The van der Waals surface area contributed by atoms with Crippen LogP contribution in [0.15, 0.2) is 224 Å². The van der Waals surface area contributed by atoms with Crippen LogP contribution in [0.3, 0.4) is 0 Å². The van der Waals surface area contributed by atoms with Crippen molar-refractivity contribution in [2.24, 2.45) is 0 Å². The summed E-state index contributed by atoms with van der Waals surface area (Å²) < 4.78 is 0. The maximum atomic E-state index is 5.02. The lowest BCUT2D eigenvalue weighted by Crippen LogP contribution is -2.00. The minimum atomic E-state index is 0.640. The molecule has 0 spiro atoms. The quantitative estimate of drug-likeness (QED) is 0.128. The van der Waals surface area contributed by atoms with Gasteiger partial charge in [-0.2, -0.15) is 0 Å². The van der Waals surface area contributed by atoms with Crippen LogP contribution in [0.5, 0.6) is 0 Å². The highest BCUT2D eigenvalue weighted by molar-refractivity contribution is 6.34. The lowest BCUT2D eigenvalue weighted by molar-refractivity contribution is 1.07. The van der Waals surface area contributed by atoms with E-state index in [1.807, 2.05) is 60.7 Å². The summed E-state index contributed by atoms with van der Waals surface area (Å²) in [7, 11) is 0. The highest BCUT2D eigenvalue weighted by atomic mass is 15.0. The van der Waals surface area contributed by atoms with E-state index in [4.69, 9.17) is 15.0 Å². The van der Waals surface area contributed by atoms with Crippen LogP contribution in [-0.2, 0) is 0 Å². The molecule has 13 aromatic rings. The molecule has 0 saturated carbocycles. The minimum Gasteiger partial charge on any atom is -0.208 e. The first-order valence-corrected chi connectivity index (χ1v) is 21.9. The smallest absolute Gasteiger partial charge is 0.164 e. The molecule has 0 unspecified atom stereocenters. The van der Waals surface area contributed by atoms with Gasteiger partial charge in [-0.3, -0.25) is 0 Å². The van der Waals surface area contributed by atoms with Gasteiger partial charge < -0.3 is 0 Å². The molecule has 3 heteroatoms. The largest absolute Gasteiger partial charge is 0.208 e. The second-order valence-corrected chi connectivity index (χ2v) is 16.6. The molecule has 0 atom stereocenters. The Morgan fingerprint density at radius 2 is 0.562 bits per heavy atom. The van der Waals surface area contributed by atoms with Crippen molar-refractivity contribution in [1.82, 2.24) is 15.0 Å². The van der Waals surface area contributed by atoms with Crippen molar-refractivity contribution < 1.29 is 0 Å². The second-order valence-electron chi connectivity index (χ2n) is 16.6. The Balaban J connectivity index is 1.04. The summed E-state index contributed by atoms with van der Waals surface area (Å²) in [5, 5.41) is 17.5. The molecule has 0 N–H and O–H groups in total. The van der Waals surface area contributed by atoms with Gasteiger partial charge in [0, 0.05) is 16.7 Å². The Morgan fingerprint density at radius 3 is 1.08 bits per heavy atom. The van der Waals surface area contributed by atoms with Crippen molar-refractivity contribution in [2.75, 3.05) is 0 Å². The summed E-state index contributed by atoms with van der Waals surface area (Å²) in [5.74, 6) is 1.94. The third-order valence-electron chi connectivity index (χ3n) is 13.0. The predicted octanol–water partition coefficient (Wildman–Crippen LogP) is 16.3. The Kier molecular flexibility index (Phi) is 8.22. The normalized spacial score (nSPS) is 11.8. The Labute approximate surface area is 369 Å². The third-order valence-corrected chi connectivity index (χ3v) is 13.0. The Morgan fingerprint density at radius 1 is 0.203 bits per heavy atom. The molecule has 1 aromatic heterocycles. The first-order chi connectivity index (χ1) is 31.7. The van der Waals surface area contributed by atoms with Crippen molar-refractivity contribution in [1.29, 1.82) is 0 Å². The van der Waals surface area contributed by atoms with E-state index in [2.05, 4.69) is 164 Å². The minimum absolute atomic E-state index is 0.640. The fourth-order valence-corrected chi connectivity index (χ4v) is 10.2. The van der Waals surface area contributed by atoms with Crippen molar-refractivity contribution in [3.63, 3.8) is 0 Å². The number of hydrogen-bond donors (Lipinski definition) is 0. The van der Waals surface area contributed by atoms with Gasteiger partial charge >= 0.3 is 0 Å². The van der Waals surface area contributed by atoms with Crippen LogP contribution in [-0.4, -0.2) is 15.0 Å². The summed E-state index contributed by atoms with van der Waals surface area (Å²) in [6, 6.07) is 81.0. The van der Waals surface area contributed by atoms with Gasteiger partial charge in [-0.15, -0.1) is 0 Å². The van der Waals surface area contributed by atoms with Gasteiger partial charge in [0.25, 0.3) is 0 Å². The van der Waals surface area contributed by atoms with E-state index in [-0.39, 0.29) is 0 Å². The topological polar surface area (TPSA) is 38.7 Å². The summed E-state index contributed by atoms with van der Waals surface area (Å²) >= 11 is 0. The van der Waals surface area contributed by atoms with Crippen molar-refractivity contribution in [2.45, 2.75) is 0 Å². The number of hydrogen-bond acceptors (Lipinski definition) is 3. The van der Waals surface area contributed by atoms with Crippen LogP contribution in [0.4, 0.5) is 0 Å². The maximum absolute atomic E-state index is 5.02. The van der Waals surface area contributed by atoms with Crippen LogP contribution in [0.2, 0.25) is 0 Å². The van der Waals surface area contributed by atoms with Gasteiger partial charge in [0.1, 0.15) is 0 Å². The molecular weight excluding hydrogens is 775 g/mol. The standard InChI is InChI=1S/C61H37N3/c1-3-16-40(17-4-1)59-62-60(41-18-5-2-6-19-41)64-61(63-59)42-33-30-39(31-34-42)55-50-25-11-13-27-52(50)56(53-28-14-12-26-51(53)55)44-36-43-35-32-38-20-15-29-49-47-23-9-7-21-45(47)46-22-8-10-24-48(46)54(37-44)58(43)57(38)49/h1-37H. The lowest BCUT2D eigenvalue weighted by atomic mass is 9.84. The molecule has 12 aromatic carbocycles. The van der Waals surface area contributed by atoms with E-state index in [9.17, 15) is 0 Å². The Hall–Kier alpha value is -8.53. The first-order valence-electron chi connectivity index (χ1n) is 21.9. The molecule has 0 aliphatic heterocycles. The SMILES string of the molecule is c1ccc(-c2nc(-c3ccccc3)nc(-c3ccc(-c4c5ccccc5c(-c5cc6ccc7cccc8c9ccccc9c9ccccc9c(c5)c6c78)c5ccccc45)cc3)n2)cc1. The van der Waals surface area contributed by atoms with Crippen molar-refractivity contribution in [3.05, 3.63) is 224 Å². The van der Waals surface area contributed by atoms with Gasteiger partial charge in [0.2, 0.25) is 0 Å². The molecule has 0 radical (unpaired) electrons. The van der Waals surface area contributed by atoms with Crippen molar-refractivity contribution >= 4 is 75.4 Å². The van der Waals surface area contributed by atoms with E-state index in [1.54, 1.807) is 0 Å². The van der Waals surface area contributed by atoms with E-state index in [1.165, 1.54) is 92.1 Å². The van der Waals surface area contributed by atoms with Gasteiger partial charge in [0.15, 0.2) is 17.5 Å². The zero-order valence-electron chi connectivity index (χ0n) is 34.7. The summed E-state index contributed by atoms with van der Waals surface area (Å²) in [6.07, 6.45) is 0. The molecule has 64 heavy (non-hydrogen) atoms. The number of aromatic nitrogens is 3. The van der Waals surface area contributed by atoms with Crippen LogP contribution < -0.4 is 0 Å². The molecule has 0 aliphatic rings. The average molecular weight is 812 g/mol. The zero-order chi connectivity index (χ0) is 42.1. The molecular formula is C61H37N3. The highest BCUT2D eigenvalue weighted by Gasteiger charge is 2.20. The average Bonchev–Trinajstić information content (AvgIpc) is 3.37. The fraction of sp³-hybridized carbons (Fsp3) is 0. The molecule has 1 heterocycles. The monoisotopic (exact) mass is 811 g/mol. The Bertz CT molecular complexity index is 3880. The molecule has 13 rings (SSSR count). The summed E-state index contributed by atoms with van der Waals surface area (Å²) in [4.78, 5) is 15.0. The zero-order valence-corrected chi connectivity index (χ0v) is 34.7. The van der Waals surface area contributed by atoms with Gasteiger partial charge in [-0.25, -0.2) is 15.0 Å². The summed E-state index contributed by atoms with van der Waals surface area (Å²) in [5.41, 5.74) is 7.62. The van der Waals surface area contributed by atoms with Gasteiger partial charge in [0.05, 0.1) is 0 Å². The molecule has 0 saturated heterocycles. The van der Waals surface area contributed by atoms with E-state index in [0.29, 0.717) is 17.5 Å². The molecule has 0 bridgehead atoms. The highest BCUT2D eigenvalue weighted by Crippen LogP contribution is 2.47. The molecule has 0 amide bonds. The molecule has 0 fully saturated rings. The second kappa shape index (κ2) is 14.5. The van der Waals surface area contributed by atoms with Crippen LogP contribution >= 0.6 is 0 Å². The van der Waals surface area contributed by atoms with E-state index in [0.717, 1.165) is 22.3 Å². The van der Waals surface area contributed by atoms with Crippen LogP contribution in [0, 0.1) is 0 Å². The lowest BCUT2D eigenvalue weighted by Gasteiger charge is -2.19. The van der Waals surface area contributed by atoms with Gasteiger partial charge in [-0.05, 0) is 110 Å². The van der Waals surface area contributed by atoms with Crippen molar-refractivity contribution in [3.8, 4) is 56.4 Å².